The highest BCUT2D eigenvalue weighted by Crippen LogP contribution is 2.20. The Morgan fingerprint density at radius 1 is 1.14 bits per heavy atom. The molecule has 14 heavy (non-hydrogen) atoms. The average Bonchev–Trinajstić information content (AvgIpc) is 2.23. The summed E-state index contributed by atoms with van der Waals surface area (Å²) in [5.74, 6) is 0.228. The van der Waals surface area contributed by atoms with E-state index in [-0.39, 0.29) is 5.82 Å². The lowest BCUT2D eigenvalue weighted by Gasteiger charge is -2.00. The Morgan fingerprint density at radius 2 is 2.00 bits per heavy atom. The van der Waals surface area contributed by atoms with Gasteiger partial charge in [-0.15, -0.1) is 10.2 Å². The molecule has 0 saturated carbocycles. The van der Waals surface area contributed by atoms with E-state index in [0.29, 0.717) is 10.7 Å². The van der Waals surface area contributed by atoms with Crippen molar-refractivity contribution in [3.8, 4) is 11.4 Å². The largest absolute Gasteiger partial charge is 0.381 e. The number of anilines is 1. The van der Waals surface area contributed by atoms with Gasteiger partial charge in [0.1, 0.15) is 5.69 Å². The quantitative estimate of drug-likeness (QED) is 0.773. The van der Waals surface area contributed by atoms with Gasteiger partial charge in [-0.2, -0.15) is 0 Å². The van der Waals surface area contributed by atoms with Crippen LogP contribution in [-0.4, -0.2) is 15.2 Å². The van der Waals surface area contributed by atoms with Crippen LogP contribution in [0.1, 0.15) is 0 Å². The molecular weight excluding hydrogens is 200 g/mol. The van der Waals surface area contributed by atoms with Crippen molar-refractivity contribution >= 4 is 17.4 Å². The fourth-order valence-electron chi connectivity index (χ4n) is 1.02. The number of nitrogens with zero attached hydrogens (tertiary/aromatic N) is 3. The first-order chi connectivity index (χ1) is 6.77. The molecule has 0 aliphatic heterocycles. The zero-order valence-electron chi connectivity index (χ0n) is 7.18. The van der Waals surface area contributed by atoms with Crippen molar-refractivity contribution < 1.29 is 0 Å². The number of hydrogen-bond donors (Lipinski definition) is 1. The van der Waals surface area contributed by atoms with Gasteiger partial charge in [-0.3, -0.25) is 4.98 Å². The smallest absolute Gasteiger partial charge is 0.164 e. The Balaban J connectivity index is 2.48. The van der Waals surface area contributed by atoms with E-state index >= 15 is 0 Å². The van der Waals surface area contributed by atoms with E-state index in [4.69, 9.17) is 17.3 Å². The highest BCUT2D eigenvalue weighted by Gasteiger charge is 2.04. The van der Waals surface area contributed by atoms with Crippen LogP contribution in [-0.2, 0) is 0 Å². The zero-order chi connectivity index (χ0) is 9.97. The van der Waals surface area contributed by atoms with Crippen LogP contribution < -0.4 is 5.73 Å². The lowest BCUT2D eigenvalue weighted by molar-refractivity contribution is 1.04. The summed E-state index contributed by atoms with van der Waals surface area (Å²) in [7, 11) is 0. The molecule has 0 aliphatic rings. The molecule has 4 nitrogen and oxygen atoms in total. The standard InChI is InChI=1S/C9H7ClN4/c10-6-5-8(13-14-9(6)11)7-3-1-2-4-12-7/h1-5H,(H2,11,14). The minimum Gasteiger partial charge on any atom is -0.381 e. The number of aromatic nitrogens is 3. The number of rotatable bonds is 1. The monoisotopic (exact) mass is 206 g/mol. The summed E-state index contributed by atoms with van der Waals surface area (Å²) in [6.45, 7) is 0. The van der Waals surface area contributed by atoms with Crippen LogP contribution in [0.3, 0.4) is 0 Å². The molecule has 2 aromatic rings. The molecule has 5 heteroatoms. The van der Waals surface area contributed by atoms with Crippen molar-refractivity contribution in [3.05, 3.63) is 35.5 Å². The molecule has 0 saturated heterocycles. The van der Waals surface area contributed by atoms with Crippen LogP contribution in [0.15, 0.2) is 30.5 Å². The first kappa shape index (κ1) is 8.90. The number of pyridine rings is 1. The summed E-state index contributed by atoms with van der Waals surface area (Å²) in [6, 6.07) is 7.17. The predicted octanol–water partition coefficient (Wildman–Crippen LogP) is 1.77. The summed E-state index contributed by atoms with van der Waals surface area (Å²) in [6.07, 6.45) is 1.68. The van der Waals surface area contributed by atoms with E-state index in [1.165, 1.54) is 0 Å². The van der Waals surface area contributed by atoms with Crippen molar-refractivity contribution in [2.75, 3.05) is 5.73 Å². The van der Waals surface area contributed by atoms with Crippen LogP contribution in [0.25, 0.3) is 11.4 Å². The Labute approximate surface area is 85.8 Å². The minimum atomic E-state index is 0.228. The highest BCUT2D eigenvalue weighted by atomic mass is 35.5. The van der Waals surface area contributed by atoms with Gasteiger partial charge < -0.3 is 5.73 Å². The third kappa shape index (κ3) is 1.65. The van der Waals surface area contributed by atoms with Crippen LogP contribution >= 0.6 is 11.6 Å². The second-order valence-electron chi connectivity index (χ2n) is 2.68. The number of nitrogens with two attached hydrogens (primary N) is 1. The normalized spacial score (nSPS) is 10.1. The zero-order valence-corrected chi connectivity index (χ0v) is 7.94. The maximum Gasteiger partial charge on any atom is 0.164 e. The van der Waals surface area contributed by atoms with Gasteiger partial charge in [0.15, 0.2) is 5.82 Å². The molecule has 0 aliphatic carbocycles. The first-order valence-electron chi connectivity index (χ1n) is 3.97. The lowest BCUT2D eigenvalue weighted by Crippen LogP contribution is -1.96. The van der Waals surface area contributed by atoms with Crippen LogP contribution in [0.5, 0.6) is 0 Å². The predicted molar refractivity (Wildman–Crippen MR) is 54.7 cm³/mol. The van der Waals surface area contributed by atoms with E-state index < -0.39 is 0 Å². The molecule has 2 rings (SSSR count). The number of hydrogen-bond acceptors (Lipinski definition) is 4. The number of halogens is 1. The molecule has 2 heterocycles. The molecule has 0 radical (unpaired) electrons. The molecular formula is C9H7ClN4. The minimum absolute atomic E-state index is 0.228. The van der Waals surface area contributed by atoms with Crippen LogP contribution in [0, 0.1) is 0 Å². The van der Waals surface area contributed by atoms with Crippen molar-refractivity contribution in [2.45, 2.75) is 0 Å². The topological polar surface area (TPSA) is 64.7 Å². The molecule has 0 aromatic carbocycles. The summed E-state index contributed by atoms with van der Waals surface area (Å²) >= 11 is 5.81. The average molecular weight is 207 g/mol. The second kappa shape index (κ2) is 3.59. The van der Waals surface area contributed by atoms with Crippen molar-refractivity contribution in [2.24, 2.45) is 0 Å². The number of nitrogen functional groups attached to an aromatic ring is 1. The third-order valence-corrected chi connectivity index (χ3v) is 2.00. The van der Waals surface area contributed by atoms with Crippen LogP contribution in [0.2, 0.25) is 5.02 Å². The van der Waals surface area contributed by atoms with Gasteiger partial charge >= 0.3 is 0 Å². The Bertz CT molecular complexity index is 444. The van der Waals surface area contributed by atoms with Crippen LogP contribution in [0.4, 0.5) is 5.82 Å². The fraction of sp³-hybridized carbons (Fsp3) is 0. The van der Waals surface area contributed by atoms with Gasteiger partial charge in [-0.1, -0.05) is 17.7 Å². The lowest BCUT2D eigenvalue weighted by atomic mass is 10.2. The van der Waals surface area contributed by atoms with Gasteiger partial charge in [0, 0.05) is 6.20 Å². The molecule has 0 atom stereocenters. The summed E-state index contributed by atoms with van der Waals surface area (Å²) < 4.78 is 0. The van der Waals surface area contributed by atoms with E-state index in [0.717, 1.165) is 5.69 Å². The summed E-state index contributed by atoms with van der Waals surface area (Å²) in [5, 5.41) is 7.99. The van der Waals surface area contributed by atoms with Gasteiger partial charge in [0.2, 0.25) is 0 Å². The van der Waals surface area contributed by atoms with Gasteiger partial charge in [0.05, 0.1) is 10.7 Å². The van der Waals surface area contributed by atoms with Crippen molar-refractivity contribution in [1.29, 1.82) is 0 Å². The maximum atomic E-state index is 5.81. The SMILES string of the molecule is Nc1nnc(-c2ccccn2)cc1Cl. The molecule has 2 N–H and O–H groups in total. The fourth-order valence-corrected chi connectivity index (χ4v) is 1.16. The molecule has 0 spiro atoms. The van der Waals surface area contributed by atoms with E-state index in [1.807, 2.05) is 18.2 Å². The van der Waals surface area contributed by atoms with Gasteiger partial charge in [-0.05, 0) is 18.2 Å². The molecule has 70 valence electrons. The molecule has 0 unspecified atom stereocenters. The van der Waals surface area contributed by atoms with E-state index in [2.05, 4.69) is 15.2 Å². The second-order valence-corrected chi connectivity index (χ2v) is 3.08. The van der Waals surface area contributed by atoms with Gasteiger partial charge in [-0.25, -0.2) is 0 Å². The maximum absolute atomic E-state index is 5.81. The summed E-state index contributed by atoms with van der Waals surface area (Å²) in [4.78, 5) is 4.12. The molecule has 0 fully saturated rings. The Hall–Kier alpha value is -1.68. The molecule has 0 bridgehead atoms. The Morgan fingerprint density at radius 3 is 2.64 bits per heavy atom. The highest BCUT2D eigenvalue weighted by molar-refractivity contribution is 6.32. The van der Waals surface area contributed by atoms with E-state index in [1.54, 1.807) is 12.3 Å². The molecule has 0 amide bonds. The van der Waals surface area contributed by atoms with E-state index in [9.17, 15) is 0 Å². The van der Waals surface area contributed by atoms with Crippen molar-refractivity contribution in [3.63, 3.8) is 0 Å². The Kier molecular flexibility index (Phi) is 2.28. The van der Waals surface area contributed by atoms with Gasteiger partial charge in [0.25, 0.3) is 0 Å². The van der Waals surface area contributed by atoms with Crippen molar-refractivity contribution in [1.82, 2.24) is 15.2 Å². The molecule has 2 aromatic heterocycles. The third-order valence-electron chi connectivity index (χ3n) is 1.70. The summed E-state index contributed by atoms with van der Waals surface area (Å²) in [5.41, 5.74) is 6.78. The first-order valence-corrected chi connectivity index (χ1v) is 4.35.